The minimum absolute atomic E-state index is 0.743. The lowest BCUT2D eigenvalue weighted by Gasteiger charge is -2.10. The number of nitrogens with zero attached hydrogens (tertiary/aromatic N) is 2. The minimum atomic E-state index is 0.743. The second kappa shape index (κ2) is 5.73. The third kappa shape index (κ3) is 2.46. The summed E-state index contributed by atoms with van der Waals surface area (Å²) in [6.45, 7) is 0. The van der Waals surface area contributed by atoms with E-state index in [0.717, 1.165) is 39.2 Å². The number of fused-ring (bicyclic) bond motifs is 3. The van der Waals surface area contributed by atoms with Gasteiger partial charge in [-0.2, -0.15) is 0 Å². The number of hydrogen-bond acceptors (Lipinski definition) is 7. The van der Waals surface area contributed by atoms with Gasteiger partial charge >= 0.3 is 0 Å². The summed E-state index contributed by atoms with van der Waals surface area (Å²) >= 11 is 1.73. The van der Waals surface area contributed by atoms with Crippen LogP contribution in [-0.4, -0.2) is 10.8 Å². The molecule has 5 rings (SSSR count). The molecular formula is C18H14N6S. The van der Waals surface area contributed by atoms with E-state index < -0.39 is 0 Å². The van der Waals surface area contributed by atoms with Crippen molar-refractivity contribution < 1.29 is 0 Å². The third-order valence-electron chi connectivity index (χ3n) is 4.11. The number of para-hydroxylation sites is 1. The molecule has 0 spiro atoms. The van der Waals surface area contributed by atoms with Crippen LogP contribution in [0.3, 0.4) is 0 Å². The molecule has 1 aliphatic heterocycles. The zero-order valence-corrected chi connectivity index (χ0v) is 13.9. The van der Waals surface area contributed by atoms with Crippen molar-refractivity contribution in [2.45, 2.75) is 0 Å². The summed E-state index contributed by atoms with van der Waals surface area (Å²) in [4.78, 5) is 4.87. The fourth-order valence-corrected chi connectivity index (χ4v) is 3.87. The largest absolute Gasteiger partial charge is 0.340 e. The number of anilines is 2. The quantitative estimate of drug-likeness (QED) is 0.457. The highest BCUT2D eigenvalue weighted by atomic mass is 32.1. The minimum Gasteiger partial charge on any atom is -0.340 e. The lowest BCUT2D eigenvalue weighted by atomic mass is 10.1. The molecule has 7 heteroatoms. The zero-order chi connectivity index (χ0) is 16.6. The zero-order valence-electron chi connectivity index (χ0n) is 13.1. The number of benzene rings is 2. The second-order valence-electron chi connectivity index (χ2n) is 5.67. The fraction of sp³-hybridized carbons (Fsp3) is 0. The Kier molecular flexibility index (Phi) is 3.26. The molecule has 6 nitrogen and oxygen atoms in total. The lowest BCUT2D eigenvalue weighted by molar-refractivity contribution is 0.577. The first-order chi connectivity index (χ1) is 12.4. The van der Waals surface area contributed by atoms with Crippen LogP contribution in [0.5, 0.6) is 0 Å². The topological polar surface area (TPSA) is 73.4 Å². The van der Waals surface area contributed by atoms with Crippen molar-refractivity contribution in [3.05, 3.63) is 65.5 Å². The van der Waals surface area contributed by atoms with Gasteiger partial charge in [0.2, 0.25) is 0 Å². The van der Waals surface area contributed by atoms with E-state index >= 15 is 0 Å². The molecule has 2 aromatic heterocycles. The Morgan fingerprint density at radius 1 is 0.960 bits per heavy atom. The normalized spacial score (nSPS) is 13.5. The Bertz CT molecular complexity index is 1100. The molecule has 0 unspecified atom stereocenters. The Balaban J connectivity index is 1.68. The molecule has 25 heavy (non-hydrogen) atoms. The molecule has 0 aliphatic carbocycles. The first-order valence-corrected chi connectivity index (χ1v) is 8.73. The molecule has 0 amide bonds. The molecule has 0 atom stereocenters. The first kappa shape index (κ1) is 14.2. The maximum Gasteiger partial charge on any atom is 0.170 e. The van der Waals surface area contributed by atoms with Crippen molar-refractivity contribution in [1.29, 1.82) is 0 Å². The number of rotatable bonds is 3. The first-order valence-electron chi connectivity index (χ1n) is 7.85. The standard InChI is InChI=1S/C18H14N6S/c1-2-4-12(5-3-1)19-18-14-8-9-25-16(14)13-7-6-11(10-15(13)20-18)17-21-23-24-22-17/h1-10,23-24H,(H,19,20)(H,21,22). The average Bonchev–Trinajstić information content (AvgIpc) is 3.34. The van der Waals surface area contributed by atoms with Gasteiger partial charge in [-0.05, 0) is 29.6 Å². The second-order valence-corrected chi connectivity index (χ2v) is 6.59. The van der Waals surface area contributed by atoms with Gasteiger partial charge in [0.25, 0.3) is 0 Å². The summed E-state index contributed by atoms with van der Waals surface area (Å²) in [7, 11) is 0. The van der Waals surface area contributed by atoms with Crippen LogP contribution in [0.25, 0.3) is 21.0 Å². The van der Waals surface area contributed by atoms with Gasteiger partial charge in [0.1, 0.15) is 5.82 Å². The number of amidine groups is 1. The van der Waals surface area contributed by atoms with E-state index in [1.165, 1.54) is 4.70 Å². The van der Waals surface area contributed by atoms with Crippen LogP contribution in [0.4, 0.5) is 11.5 Å². The van der Waals surface area contributed by atoms with Gasteiger partial charge in [-0.3, -0.25) is 5.43 Å². The Morgan fingerprint density at radius 3 is 2.72 bits per heavy atom. The Hall–Kier alpha value is -3.16. The molecule has 3 heterocycles. The SMILES string of the molecule is c1ccc(Nc2nc3cc(C4=NNNN4)ccc3c3sccc23)cc1. The number of aromatic nitrogens is 1. The molecule has 4 N–H and O–H groups in total. The van der Waals surface area contributed by atoms with E-state index in [9.17, 15) is 0 Å². The predicted molar refractivity (Wildman–Crippen MR) is 103 cm³/mol. The maximum atomic E-state index is 4.87. The molecule has 0 radical (unpaired) electrons. The third-order valence-corrected chi connectivity index (χ3v) is 5.06. The van der Waals surface area contributed by atoms with Gasteiger partial charge < -0.3 is 5.32 Å². The molecule has 1 aliphatic rings. The van der Waals surface area contributed by atoms with Crippen molar-refractivity contribution in [2.75, 3.05) is 5.32 Å². The van der Waals surface area contributed by atoms with Crippen molar-refractivity contribution >= 4 is 49.7 Å². The monoisotopic (exact) mass is 346 g/mol. The lowest BCUT2D eigenvalue weighted by Crippen LogP contribution is -2.35. The van der Waals surface area contributed by atoms with Crippen molar-refractivity contribution in [3.8, 4) is 0 Å². The van der Waals surface area contributed by atoms with Gasteiger partial charge in [-0.15, -0.1) is 22.0 Å². The van der Waals surface area contributed by atoms with Gasteiger partial charge in [-0.25, -0.2) is 10.5 Å². The Labute approximate surface area is 147 Å². The molecule has 2 aromatic carbocycles. The smallest absolute Gasteiger partial charge is 0.170 e. The van der Waals surface area contributed by atoms with E-state index in [4.69, 9.17) is 4.98 Å². The highest BCUT2D eigenvalue weighted by molar-refractivity contribution is 7.18. The number of nitrogens with one attached hydrogen (secondary N) is 4. The fourth-order valence-electron chi connectivity index (χ4n) is 2.94. The van der Waals surface area contributed by atoms with Gasteiger partial charge in [-0.1, -0.05) is 30.3 Å². The molecular weight excluding hydrogens is 332 g/mol. The summed E-state index contributed by atoms with van der Waals surface area (Å²) < 4.78 is 1.23. The number of hydrazine groups is 2. The van der Waals surface area contributed by atoms with Crippen molar-refractivity contribution in [1.82, 2.24) is 21.5 Å². The van der Waals surface area contributed by atoms with Gasteiger partial charge in [0.15, 0.2) is 5.84 Å². The summed E-state index contributed by atoms with van der Waals surface area (Å²) in [6.07, 6.45) is 0. The van der Waals surface area contributed by atoms with E-state index in [0.29, 0.717) is 0 Å². The number of hydrazone groups is 1. The van der Waals surface area contributed by atoms with E-state index in [1.807, 2.05) is 42.5 Å². The number of hydrogen-bond donors (Lipinski definition) is 4. The highest BCUT2D eigenvalue weighted by Crippen LogP contribution is 2.35. The van der Waals surface area contributed by atoms with E-state index in [2.05, 4.69) is 44.4 Å². The molecule has 0 saturated heterocycles. The van der Waals surface area contributed by atoms with Crippen LogP contribution >= 0.6 is 11.3 Å². The van der Waals surface area contributed by atoms with Crippen LogP contribution in [0.1, 0.15) is 5.56 Å². The van der Waals surface area contributed by atoms with E-state index in [1.54, 1.807) is 11.3 Å². The van der Waals surface area contributed by atoms with E-state index in [-0.39, 0.29) is 0 Å². The molecule has 0 bridgehead atoms. The van der Waals surface area contributed by atoms with Gasteiger partial charge in [0, 0.05) is 26.7 Å². The number of pyridine rings is 1. The molecule has 122 valence electrons. The van der Waals surface area contributed by atoms with Gasteiger partial charge in [0.05, 0.1) is 5.52 Å². The molecule has 4 aromatic rings. The number of thiophene rings is 1. The highest BCUT2D eigenvalue weighted by Gasteiger charge is 2.13. The van der Waals surface area contributed by atoms with Crippen LogP contribution in [0.2, 0.25) is 0 Å². The molecule has 0 saturated carbocycles. The Morgan fingerprint density at radius 2 is 1.88 bits per heavy atom. The van der Waals surface area contributed by atoms with Crippen LogP contribution < -0.4 is 21.8 Å². The summed E-state index contributed by atoms with van der Waals surface area (Å²) in [5.41, 5.74) is 11.3. The predicted octanol–water partition coefficient (Wildman–Crippen LogP) is 3.47. The summed E-state index contributed by atoms with van der Waals surface area (Å²) in [5.74, 6) is 1.61. The van der Waals surface area contributed by atoms with Crippen LogP contribution in [0.15, 0.2) is 65.1 Å². The summed E-state index contributed by atoms with van der Waals surface area (Å²) in [6, 6.07) is 18.4. The molecule has 0 fully saturated rings. The average molecular weight is 346 g/mol. The summed E-state index contributed by atoms with van der Waals surface area (Å²) in [5, 5.41) is 12.0. The van der Waals surface area contributed by atoms with Crippen LogP contribution in [0, 0.1) is 0 Å². The van der Waals surface area contributed by atoms with Crippen molar-refractivity contribution in [2.24, 2.45) is 5.10 Å². The van der Waals surface area contributed by atoms with Crippen molar-refractivity contribution in [3.63, 3.8) is 0 Å². The van der Waals surface area contributed by atoms with Crippen LogP contribution in [-0.2, 0) is 0 Å². The maximum absolute atomic E-state index is 4.87.